The van der Waals surface area contributed by atoms with Crippen molar-refractivity contribution < 1.29 is 14.3 Å². The molecule has 0 bridgehead atoms. The van der Waals surface area contributed by atoms with Crippen molar-refractivity contribution in [3.8, 4) is 22.2 Å². The molecule has 0 spiro atoms. The predicted molar refractivity (Wildman–Crippen MR) is 66.6 cm³/mol. The quantitative estimate of drug-likeness (QED) is 0.758. The van der Waals surface area contributed by atoms with Crippen molar-refractivity contribution in [2.75, 3.05) is 0 Å². The first-order chi connectivity index (χ1) is 8.74. The molecular weight excluding hydrogens is 252 g/mol. The monoisotopic (exact) mass is 260 g/mol. The predicted octanol–water partition coefficient (Wildman–Crippen LogP) is 3.10. The third-order valence-corrected chi connectivity index (χ3v) is 3.31. The van der Waals surface area contributed by atoms with Gasteiger partial charge in [-0.2, -0.15) is 0 Å². The van der Waals surface area contributed by atoms with E-state index in [9.17, 15) is 4.79 Å². The molecule has 3 heterocycles. The minimum Gasteiger partial charge on any atom is -0.478 e. The SMILES string of the molecule is O=C(O)c1coc(-c2csc(-c3ccc[nH]3)n2)c1. The smallest absolute Gasteiger partial charge is 0.338 e. The lowest BCUT2D eigenvalue weighted by atomic mass is 10.3. The van der Waals surface area contributed by atoms with Crippen LogP contribution in [0, 0.1) is 0 Å². The molecule has 5 nitrogen and oxygen atoms in total. The fourth-order valence-corrected chi connectivity index (χ4v) is 2.35. The molecule has 0 saturated carbocycles. The third-order valence-electron chi connectivity index (χ3n) is 2.43. The van der Waals surface area contributed by atoms with Crippen LogP contribution in [0.4, 0.5) is 0 Å². The summed E-state index contributed by atoms with van der Waals surface area (Å²) in [6.07, 6.45) is 3.04. The highest BCUT2D eigenvalue weighted by atomic mass is 32.1. The normalized spacial score (nSPS) is 10.7. The summed E-state index contributed by atoms with van der Waals surface area (Å²) in [5.41, 5.74) is 1.69. The van der Waals surface area contributed by atoms with Crippen molar-refractivity contribution in [1.82, 2.24) is 9.97 Å². The summed E-state index contributed by atoms with van der Waals surface area (Å²) >= 11 is 1.47. The van der Waals surface area contributed by atoms with Crippen LogP contribution in [0.1, 0.15) is 10.4 Å². The van der Waals surface area contributed by atoms with Gasteiger partial charge in [-0.1, -0.05) is 0 Å². The molecule has 0 radical (unpaired) electrons. The zero-order valence-corrected chi connectivity index (χ0v) is 9.90. The van der Waals surface area contributed by atoms with Gasteiger partial charge in [0, 0.05) is 17.6 Å². The molecule has 0 atom stereocenters. The number of carbonyl (C=O) groups is 1. The van der Waals surface area contributed by atoms with Crippen LogP contribution in [0.5, 0.6) is 0 Å². The summed E-state index contributed by atoms with van der Waals surface area (Å²) in [7, 11) is 0. The number of carboxylic acid groups (broad SMARTS) is 1. The number of nitrogens with one attached hydrogen (secondary N) is 1. The summed E-state index contributed by atoms with van der Waals surface area (Å²) in [5.74, 6) is -0.550. The van der Waals surface area contributed by atoms with Gasteiger partial charge in [0.2, 0.25) is 0 Å². The molecule has 0 unspecified atom stereocenters. The second kappa shape index (κ2) is 4.15. The van der Waals surface area contributed by atoms with Gasteiger partial charge < -0.3 is 14.5 Å². The third kappa shape index (κ3) is 1.82. The number of nitrogens with zero attached hydrogens (tertiary/aromatic N) is 1. The number of aromatic amines is 1. The lowest BCUT2D eigenvalue weighted by molar-refractivity contribution is 0.0696. The van der Waals surface area contributed by atoms with Crippen molar-refractivity contribution in [2.24, 2.45) is 0 Å². The summed E-state index contributed by atoms with van der Waals surface area (Å²) in [5, 5.41) is 11.5. The molecule has 3 aromatic rings. The highest BCUT2D eigenvalue weighted by Crippen LogP contribution is 2.28. The molecule has 0 aliphatic heterocycles. The van der Waals surface area contributed by atoms with E-state index in [4.69, 9.17) is 9.52 Å². The molecular formula is C12H8N2O3S. The Hall–Kier alpha value is -2.34. The Balaban J connectivity index is 1.95. The number of rotatable bonds is 3. The number of thiazole rings is 1. The van der Waals surface area contributed by atoms with Crippen molar-refractivity contribution in [1.29, 1.82) is 0 Å². The van der Waals surface area contributed by atoms with Crippen molar-refractivity contribution in [3.05, 3.63) is 41.6 Å². The first kappa shape index (κ1) is 10.8. The Morgan fingerprint density at radius 1 is 1.50 bits per heavy atom. The van der Waals surface area contributed by atoms with Gasteiger partial charge in [0.25, 0.3) is 0 Å². The van der Waals surface area contributed by atoms with Gasteiger partial charge >= 0.3 is 5.97 Å². The average molecular weight is 260 g/mol. The van der Waals surface area contributed by atoms with E-state index in [-0.39, 0.29) is 5.56 Å². The van der Waals surface area contributed by atoms with E-state index in [1.165, 1.54) is 23.7 Å². The highest BCUT2D eigenvalue weighted by Gasteiger charge is 2.13. The Morgan fingerprint density at radius 3 is 3.06 bits per heavy atom. The van der Waals surface area contributed by atoms with Crippen LogP contribution in [0.15, 0.2) is 40.5 Å². The van der Waals surface area contributed by atoms with Gasteiger partial charge in [0.05, 0.1) is 11.3 Å². The Kier molecular flexibility index (Phi) is 2.49. The van der Waals surface area contributed by atoms with Crippen LogP contribution in [-0.4, -0.2) is 21.0 Å². The Bertz CT molecular complexity index is 682. The Labute approximate surface area is 106 Å². The van der Waals surface area contributed by atoms with Crippen LogP contribution in [0.3, 0.4) is 0 Å². The summed E-state index contributed by atoms with van der Waals surface area (Å²) in [4.78, 5) is 18.2. The number of hydrogen-bond acceptors (Lipinski definition) is 4. The number of hydrogen-bond donors (Lipinski definition) is 2. The zero-order valence-electron chi connectivity index (χ0n) is 9.08. The van der Waals surface area contributed by atoms with Gasteiger partial charge in [-0.15, -0.1) is 11.3 Å². The summed E-state index contributed by atoms with van der Waals surface area (Å²) in [6.45, 7) is 0. The molecule has 0 aliphatic carbocycles. The van der Waals surface area contributed by atoms with Gasteiger partial charge in [-0.05, 0) is 12.1 Å². The second-order valence-electron chi connectivity index (χ2n) is 3.63. The maximum absolute atomic E-state index is 10.8. The highest BCUT2D eigenvalue weighted by molar-refractivity contribution is 7.13. The maximum Gasteiger partial charge on any atom is 0.338 e. The topological polar surface area (TPSA) is 79.1 Å². The molecule has 0 aromatic carbocycles. The van der Waals surface area contributed by atoms with E-state index in [0.717, 1.165) is 10.7 Å². The lowest BCUT2D eigenvalue weighted by Crippen LogP contribution is -1.91. The largest absolute Gasteiger partial charge is 0.478 e. The van der Waals surface area contributed by atoms with E-state index in [1.807, 2.05) is 23.7 Å². The molecule has 2 N–H and O–H groups in total. The number of furan rings is 1. The van der Waals surface area contributed by atoms with E-state index in [1.54, 1.807) is 0 Å². The fourth-order valence-electron chi connectivity index (χ4n) is 1.56. The van der Waals surface area contributed by atoms with E-state index in [2.05, 4.69) is 9.97 Å². The molecule has 18 heavy (non-hydrogen) atoms. The van der Waals surface area contributed by atoms with Gasteiger partial charge in [-0.3, -0.25) is 0 Å². The molecule has 3 rings (SSSR count). The van der Waals surface area contributed by atoms with E-state index < -0.39 is 5.97 Å². The summed E-state index contributed by atoms with van der Waals surface area (Å²) < 4.78 is 5.20. The van der Waals surface area contributed by atoms with Crippen molar-refractivity contribution in [2.45, 2.75) is 0 Å². The molecule has 0 saturated heterocycles. The van der Waals surface area contributed by atoms with Crippen LogP contribution in [0.25, 0.3) is 22.2 Å². The number of H-pyrrole nitrogens is 1. The lowest BCUT2D eigenvalue weighted by Gasteiger charge is -1.89. The van der Waals surface area contributed by atoms with Gasteiger partial charge in [0.1, 0.15) is 17.0 Å². The standard InChI is InChI=1S/C12H8N2O3S/c15-12(16)7-4-10(17-5-7)9-6-18-11(14-9)8-2-1-3-13-8/h1-6,13H,(H,15,16). The first-order valence-electron chi connectivity index (χ1n) is 5.15. The minimum absolute atomic E-state index is 0.124. The minimum atomic E-state index is -1.01. The molecule has 6 heteroatoms. The fraction of sp³-hybridized carbons (Fsp3) is 0. The van der Waals surface area contributed by atoms with Crippen LogP contribution in [-0.2, 0) is 0 Å². The summed E-state index contributed by atoms with van der Waals surface area (Å²) in [6, 6.07) is 5.29. The average Bonchev–Trinajstić information content (AvgIpc) is 3.10. The Morgan fingerprint density at radius 2 is 2.39 bits per heavy atom. The van der Waals surface area contributed by atoms with E-state index >= 15 is 0 Å². The van der Waals surface area contributed by atoms with E-state index in [0.29, 0.717) is 11.5 Å². The number of aromatic nitrogens is 2. The van der Waals surface area contributed by atoms with Crippen LogP contribution >= 0.6 is 11.3 Å². The molecule has 90 valence electrons. The first-order valence-corrected chi connectivity index (χ1v) is 6.03. The zero-order chi connectivity index (χ0) is 12.5. The number of carboxylic acids is 1. The molecule has 0 fully saturated rings. The van der Waals surface area contributed by atoms with Gasteiger partial charge in [0.15, 0.2) is 5.76 Å². The number of aromatic carboxylic acids is 1. The maximum atomic E-state index is 10.8. The molecule has 3 aromatic heterocycles. The van der Waals surface area contributed by atoms with Crippen molar-refractivity contribution in [3.63, 3.8) is 0 Å². The van der Waals surface area contributed by atoms with Crippen LogP contribution in [0.2, 0.25) is 0 Å². The molecule has 0 aliphatic rings. The van der Waals surface area contributed by atoms with Gasteiger partial charge in [-0.25, -0.2) is 9.78 Å². The van der Waals surface area contributed by atoms with Crippen LogP contribution < -0.4 is 0 Å². The van der Waals surface area contributed by atoms with Crippen molar-refractivity contribution >= 4 is 17.3 Å². The molecule has 0 amide bonds. The second-order valence-corrected chi connectivity index (χ2v) is 4.48.